The molecule has 0 saturated heterocycles. The van der Waals surface area contributed by atoms with Crippen LogP contribution < -0.4 is 5.32 Å². The van der Waals surface area contributed by atoms with E-state index in [1.54, 1.807) is 7.11 Å². The largest absolute Gasteiger partial charge is 0.383 e. The van der Waals surface area contributed by atoms with E-state index in [1.165, 1.54) is 38.5 Å². The van der Waals surface area contributed by atoms with Gasteiger partial charge in [-0.15, -0.1) is 0 Å². The van der Waals surface area contributed by atoms with Crippen LogP contribution in [0.3, 0.4) is 0 Å². The second-order valence-corrected chi connectivity index (χ2v) is 5.23. The summed E-state index contributed by atoms with van der Waals surface area (Å²) in [4.78, 5) is 0. The van der Waals surface area contributed by atoms with E-state index in [1.807, 2.05) is 7.11 Å². The first kappa shape index (κ1) is 12.3. The molecule has 2 fully saturated rings. The van der Waals surface area contributed by atoms with Gasteiger partial charge < -0.3 is 14.8 Å². The summed E-state index contributed by atoms with van der Waals surface area (Å²) in [5.74, 6) is 0.847. The number of ether oxygens (including phenoxy) is 2. The van der Waals surface area contributed by atoms with E-state index >= 15 is 0 Å². The molecule has 3 unspecified atom stereocenters. The van der Waals surface area contributed by atoms with Gasteiger partial charge in [0, 0.05) is 26.3 Å². The van der Waals surface area contributed by atoms with Crippen molar-refractivity contribution in [2.24, 2.45) is 5.92 Å². The fourth-order valence-electron chi connectivity index (χ4n) is 2.84. The lowest BCUT2D eigenvalue weighted by Crippen LogP contribution is -2.50. The quantitative estimate of drug-likeness (QED) is 0.752. The molecule has 3 atom stereocenters. The standard InChI is InChI=1S/C13H25NO2/c1-15-9-12(10-7-8-10)14-11-5-3-4-6-13(11)16-2/h10-14H,3-9H2,1-2H3. The molecule has 0 aromatic heterocycles. The number of hydrogen-bond acceptors (Lipinski definition) is 3. The third kappa shape index (κ3) is 3.19. The van der Waals surface area contributed by atoms with Crippen LogP contribution in [0.1, 0.15) is 38.5 Å². The van der Waals surface area contributed by atoms with Gasteiger partial charge >= 0.3 is 0 Å². The Labute approximate surface area is 98.9 Å². The molecule has 0 radical (unpaired) electrons. The van der Waals surface area contributed by atoms with E-state index < -0.39 is 0 Å². The maximum Gasteiger partial charge on any atom is 0.0724 e. The highest BCUT2D eigenvalue weighted by Crippen LogP contribution is 2.34. The lowest BCUT2D eigenvalue weighted by molar-refractivity contribution is 0.0304. The molecule has 2 aliphatic rings. The summed E-state index contributed by atoms with van der Waals surface area (Å²) in [7, 11) is 3.64. The van der Waals surface area contributed by atoms with Crippen LogP contribution in [0.5, 0.6) is 0 Å². The van der Waals surface area contributed by atoms with Gasteiger partial charge in [0.15, 0.2) is 0 Å². The zero-order valence-electron chi connectivity index (χ0n) is 10.6. The molecule has 2 aliphatic carbocycles. The normalized spacial score (nSPS) is 32.6. The minimum absolute atomic E-state index is 0.409. The van der Waals surface area contributed by atoms with Gasteiger partial charge in [-0.05, 0) is 31.6 Å². The predicted molar refractivity (Wildman–Crippen MR) is 64.6 cm³/mol. The third-order valence-electron chi connectivity index (χ3n) is 3.97. The summed E-state index contributed by atoms with van der Waals surface area (Å²) < 4.78 is 10.9. The Hall–Kier alpha value is -0.120. The first-order chi connectivity index (χ1) is 7.85. The third-order valence-corrected chi connectivity index (χ3v) is 3.97. The van der Waals surface area contributed by atoms with Gasteiger partial charge in [0.05, 0.1) is 12.7 Å². The van der Waals surface area contributed by atoms with E-state index in [4.69, 9.17) is 9.47 Å². The van der Waals surface area contributed by atoms with Crippen molar-refractivity contribution in [3.8, 4) is 0 Å². The maximum atomic E-state index is 5.58. The van der Waals surface area contributed by atoms with Crippen molar-refractivity contribution in [3.63, 3.8) is 0 Å². The van der Waals surface area contributed by atoms with Gasteiger partial charge in [0.25, 0.3) is 0 Å². The molecule has 2 rings (SSSR count). The average Bonchev–Trinajstić information content (AvgIpc) is 3.13. The molecule has 3 nitrogen and oxygen atoms in total. The summed E-state index contributed by atoms with van der Waals surface area (Å²) in [5, 5.41) is 3.77. The van der Waals surface area contributed by atoms with Crippen molar-refractivity contribution in [2.75, 3.05) is 20.8 Å². The monoisotopic (exact) mass is 227 g/mol. The summed E-state index contributed by atoms with van der Waals surface area (Å²) in [6, 6.07) is 1.09. The Balaban J connectivity index is 1.84. The lowest BCUT2D eigenvalue weighted by atomic mass is 9.91. The summed E-state index contributed by atoms with van der Waals surface area (Å²) in [6.45, 7) is 0.845. The molecule has 0 bridgehead atoms. The molecule has 16 heavy (non-hydrogen) atoms. The molecule has 0 aliphatic heterocycles. The van der Waals surface area contributed by atoms with E-state index in [0.717, 1.165) is 12.5 Å². The fraction of sp³-hybridized carbons (Fsp3) is 1.00. The van der Waals surface area contributed by atoms with E-state index in [2.05, 4.69) is 5.32 Å². The molecule has 0 heterocycles. The highest BCUT2D eigenvalue weighted by molar-refractivity contribution is 4.91. The van der Waals surface area contributed by atoms with Crippen LogP contribution in [0.2, 0.25) is 0 Å². The molecule has 0 amide bonds. The minimum atomic E-state index is 0.409. The van der Waals surface area contributed by atoms with Gasteiger partial charge in [0.1, 0.15) is 0 Å². The highest BCUT2D eigenvalue weighted by atomic mass is 16.5. The molecule has 0 spiro atoms. The van der Waals surface area contributed by atoms with Crippen molar-refractivity contribution in [1.82, 2.24) is 5.32 Å². The zero-order chi connectivity index (χ0) is 11.4. The summed E-state index contributed by atoms with van der Waals surface area (Å²) in [6.07, 6.45) is 8.25. The van der Waals surface area contributed by atoms with Crippen LogP contribution in [0.25, 0.3) is 0 Å². The Morgan fingerprint density at radius 1 is 1.12 bits per heavy atom. The van der Waals surface area contributed by atoms with Gasteiger partial charge in [-0.25, -0.2) is 0 Å². The summed E-state index contributed by atoms with van der Waals surface area (Å²) in [5.41, 5.74) is 0. The lowest BCUT2D eigenvalue weighted by Gasteiger charge is -2.34. The number of nitrogens with one attached hydrogen (secondary N) is 1. The molecular formula is C13H25NO2. The Morgan fingerprint density at radius 2 is 1.88 bits per heavy atom. The molecule has 1 N–H and O–H groups in total. The molecule has 94 valence electrons. The van der Waals surface area contributed by atoms with Crippen LogP contribution in [0, 0.1) is 5.92 Å². The first-order valence-corrected chi connectivity index (χ1v) is 6.63. The average molecular weight is 227 g/mol. The van der Waals surface area contributed by atoms with Crippen LogP contribution in [-0.2, 0) is 9.47 Å². The first-order valence-electron chi connectivity index (χ1n) is 6.63. The van der Waals surface area contributed by atoms with Gasteiger partial charge in [-0.3, -0.25) is 0 Å². The van der Waals surface area contributed by atoms with Crippen molar-refractivity contribution in [1.29, 1.82) is 0 Å². The van der Waals surface area contributed by atoms with Gasteiger partial charge in [-0.2, -0.15) is 0 Å². The number of hydrogen-bond donors (Lipinski definition) is 1. The second kappa shape index (κ2) is 5.99. The van der Waals surface area contributed by atoms with E-state index in [-0.39, 0.29) is 0 Å². The highest BCUT2D eigenvalue weighted by Gasteiger charge is 2.35. The second-order valence-electron chi connectivity index (χ2n) is 5.23. The molecular weight excluding hydrogens is 202 g/mol. The van der Waals surface area contributed by atoms with Crippen molar-refractivity contribution >= 4 is 0 Å². The van der Waals surface area contributed by atoms with Gasteiger partial charge in [-0.1, -0.05) is 12.8 Å². The Kier molecular flexibility index (Phi) is 4.62. The van der Waals surface area contributed by atoms with Crippen molar-refractivity contribution < 1.29 is 9.47 Å². The zero-order valence-corrected chi connectivity index (χ0v) is 10.6. The van der Waals surface area contributed by atoms with Crippen molar-refractivity contribution in [3.05, 3.63) is 0 Å². The topological polar surface area (TPSA) is 30.5 Å². The van der Waals surface area contributed by atoms with Crippen LogP contribution in [0.15, 0.2) is 0 Å². The molecule has 3 heteroatoms. The summed E-state index contributed by atoms with van der Waals surface area (Å²) >= 11 is 0. The number of methoxy groups -OCH3 is 2. The van der Waals surface area contributed by atoms with Crippen LogP contribution >= 0.6 is 0 Å². The van der Waals surface area contributed by atoms with Crippen LogP contribution in [-0.4, -0.2) is 39.0 Å². The Morgan fingerprint density at radius 3 is 2.50 bits per heavy atom. The molecule has 2 saturated carbocycles. The van der Waals surface area contributed by atoms with E-state index in [0.29, 0.717) is 18.2 Å². The minimum Gasteiger partial charge on any atom is -0.383 e. The smallest absolute Gasteiger partial charge is 0.0724 e. The van der Waals surface area contributed by atoms with Gasteiger partial charge in [0.2, 0.25) is 0 Å². The van der Waals surface area contributed by atoms with Crippen molar-refractivity contribution in [2.45, 2.75) is 56.7 Å². The molecule has 0 aromatic carbocycles. The predicted octanol–water partition coefficient (Wildman–Crippen LogP) is 1.96. The molecule has 0 aromatic rings. The van der Waals surface area contributed by atoms with E-state index in [9.17, 15) is 0 Å². The SMILES string of the molecule is COCC(NC1CCCCC1OC)C1CC1. The fourth-order valence-corrected chi connectivity index (χ4v) is 2.84. The van der Waals surface area contributed by atoms with Crippen LogP contribution in [0.4, 0.5) is 0 Å². The Bertz CT molecular complexity index is 206. The number of rotatable bonds is 6. The maximum absolute atomic E-state index is 5.58.